The van der Waals surface area contributed by atoms with Gasteiger partial charge in [0, 0.05) is 28.8 Å². The summed E-state index contributed by atoms with van der Waals surface area (Å²) in [5.41, 5.74) is 0.850. The van der Waals surface area contributed by atoms with E-state index in [4.69, 9.17) is 13.6 Å². The Bertz CT molecular complexity index is 1350. The molecular weight excluding hydrogens is 707 g/mol. The molecule has 0 amide bonds. The molecule has 5 atom stereocenters. The van der Waals surface area contributed by atoms with Crippen LogP contribution in [0.5, 0.6) is 0 Å². The molecule has 10 heteroatoms. The average Bonchev–Trinajstić information content (AvgIpc) is 3.44. The number of carbonyl (C=O) groups excluding carboxylic acids is 2. The van der Waals surface area contributed by atoms with Gasteiger partial charge >= 0.3 is 5.97 Å². The van der Waals surface area contributed by atoms with Gasteiger partial charge in [-0.15, -0.1) is 17.9 Å². The van der Waals surface area contributed by atoms with Crippen molar-refractivity contribution < 1.29 is 23.2 Å². The number of rotatable bonds is 21. The Morgan fingerprint density at radius 1 is 0.961 bits per heavy atom. The Balaban J connectivity index is 3.59. The van der Waals surface area contributed by atoms with Crippen LogP contribution in [0.25, 0.3) is 6.08 Å². The number of nitrogens with zero attached hydrogens (tertiary/aromatic N) is 1. The topological polar surface area (TPSA) is 74.7 Å². The van der Waals surface area contributed by atoms with Crippen molar-refractivity contribution in [3.63, 3.8) is 0 Å². The van der Waals surface area contributed by atoms with E-state index < -0.39 is 40.2 Å². The van der Waals surface area contributed by atoms with Crippen molar-refractivity contribution in [1.82, 2.24) is 4.98 Å². The molecule has 1 heterocycles. The van der Waals surface area contributed by atoms with Gasteiger partial charge in [0.2, 0.25) is 0 Å². The number of hydrogen-bond donors (Lipinski definition) is 0. The van der Waals surface area contributed by atoms with Gasteiger partial charge in [-0.2, -0.15) is 0 Å². The van der Waals surface area contributed by atoms with Gasteiger partial charge < -0.3 is 13.6 Å². The number of ether oxygens (including phenoxy) is 1. The number of hydrogen-bond acceptors (Lipinski definition) is 8. The van der Waals surface area contributed by atoms with E-state index in [0.717, 1.165) is 39.6 Å². The van der Waals surface area contributed by atoms with Crippen molar-refractivity contribution in [2.45, 2.75) is 174 Å². The van der Waals surface area contributed by atoms with Crippen molar-refractivity contribution in [2.24, 2.45) is 17.3 Å². The third kappa shape index (κ3) is 14.1. The molecule has 6 nitrogen and oxygen atoms in total. The summed E-state index contributed by atoms with van der Waals surface area (Å²) in [6, 6.07) is 0. The van der Waals surface area contributed by atoms with Gasteiger partial charge in [-0.05, 0) is 93.2 Å². The third-order valence-electron chi connectivity index (χ3n) is 11.2. The normalized spacial score (nSPS) is 16.6. The number of thioether (sulfide) groups is 1. The van der Waals surface area contributed by atoms with E-state index in [2.05, 4.69) is 92.8 Å². The fraction of sp³-hybridized carbons (Fsp3) is 0.732. The summed E-state index contributed by atoms with van der Waals surface area (Å²) in [5, 5.41) is -0.133. The fourth-order valence-corrected chi connectivity index (χ4v) is 9.92. The largest absolute Gasteiger partial charge is 0.457 e. The number of ketones is 1. The second-order valence-electron chi connectivity index (χ2n) is 18.2. The van der Waals surface area contributed by atoms with Gasteiger partial charge in [-0.1, -0.05) is 99.2 Å². The van der Waals surface area contributed by atoms with Gasteiger partial charge in [0.05, 0.1) is 18.6 Å². The smallest absolute Gasteiger partial charge is 0.309 e. The predicted octanol–water partition coefficient (Wildman–Crippen LogP) is 12.5. The lowest BCUT2D eigenvalue weighted by molar-refractivity contribution is -0.153. The number of thiazole rings is 1. The maximum atomic E-state index is 14.9. The quantitative estimate of drug-likeness (QED) is 0.0404. The summed E-state index contributed by atoms with van der Waals surface area (Å²) in [6.07, 6.45) is 9.77. The zero-order chi connectivity index (χ0) is 39.8. The minimum absolute atomic E-state index is 0.00765. The van der Waals surface area contributed by atoms with Crippen LogP contribution < -0.4 is 0 Å². The molecule has 1 aromatic rings. The molecule has 51 heavy (non-hydrogen) atoms. The summed E-state index contributed by atoms with van der Waals surface area (Å²) in [6.45, 7) is 42.2. The molecule has 0 aliphatic carbocycles. The highest BCUT2D eigenvalue weighted by Crippen LogP contribution is 2.44. The van der Waals surface area contributed by atoms with Crippen LogP contribution in [0.15, 0.2) is 40.9 Å². The molecule has 0 unspecified atom stereocenters. The Hall–Kier alpha value is -1.31. The van der Waals surface area contributed by atoms with E-state index in [1.54, 1.807) is 23.1 Å². The lowest BCUT2D eigenvalue weighted by Gasteiger charge is -2.46. The van der Waals surface area contributed by atoms with E-state index in [1.165, 1.54) is 0 Å². The first kappa shape index (κ1) is 47.7. The third-order valence-corrected chi connectivity index (χ3v) is 22.1. The van der Waals surface area contributed by atoms with Crippen LogP contribution >= 0.6 is 23.1 Å². The lowest BCUT2D eigenvalue weighted by Crippen LogP contribution is -2.54. The maximum Gasteiger partial charge on any atom is 0.309 e. The molecule has 0 N–H and O–H groups in total. The number of esters is 1. The van der Waals surface area contributed by atoms with E-state index in [-0.39, 0.29) is 40.3 Å². The zero-order valence-corrected chi connectivity index (χ0v) is 39.0. The number of aromatic nitrogens is 1. The first-order chi connectivity index (χ1) is 23.1. The molecule has 0 aliphatic rings. The van der Waals surface area contributed by atoms with Gasteiger partial charge in [0.1, 0.15) is 16.2 Å². The average molecular weight is 780 g/mol. The van der Waals surface area contributed by atoms with Gasteiger partial charge in [0.25, 0.3) is 0 Å². The number of allylic oxidation sites excluding steroid dienone is 1. The molecule has 0 bridgehead atoms. The van der Waals surface area contributed by atoms with Crippen LogP contribution in [-0.2, 0) is 23.2 Å². The van der Waals surface area contributed by atoms with Crippen LogP contribution in [0.1, 0.15) is 120 Å². The lowest BCUT2D eigenvalue weighted by atomic mass is 9.73. The molecule has 0 radical (unpaired) electrons. The van der Waals surface area contributed by atoms with Crippen LogP contribution in [0.3, 0.4) is 0 Å². The zero-order valence-electron chi connectivity index (χ0n) is 35.4. The summed E-state index contributed by atoms with van der Waals surface area (Å²) >= 11 is 3.21. The Morgan fingerprint density at radius 3 is 1.98 bits per heavy atom. The van der Waals surface area contributed by atoms with Gasteiger partial charge in [-0.25, -0.2) is 4.98 Å². The van der Waals surface area contributed by atoms with Crippen molar-refractivity contribution in [3.8, 4) is 0 Å². The molecule has 0 saturated carbocycles. The maximum absolute atomic E-state index is 14.9. The first-order valence-electron chi connectivity index (χ1n) is 18.6. The minimum atomic E-state index is -2.43. The highest BCUT2D eigenvalue weighted by molar-refractivity contribution is 8.00. The molecule has 1 rings (SSSR count). The van der Waals surface area contributed by atoms with E-state index in [1.807, 2.05) is 59.2 Å². The fourth-order valence-electron chi connectivity index (χ4n) is 5.57. The summed E-state index contributed by atoms with van der Waals surface area (Å²) in [4.78, 5) is 34.4. The monoisotopic (exact) mass is 779 g/mol. The van der Waals surface area contributed by atoms with Crippen molar-refractivity contribution in [3.05, 3.63) is 41.5 Å². The molecule has 0 aliphatic heterocycles. The van der Waals surface area contributed by atoms with Crippen LogP contribution in [0, 0.1) is 17.3 Å². The van der Waals surface area contributed by atoms with E-state index in [0.29, 0.717) is 6.42 Å². The second-order valence-corrected chi connectivity index (χ2v) is 29.9. The van der Waals surface area contributed by atoms with Gasteiger partial charge in [-0.3, -0.25) is 9.59 Å². The Morgan fingerprint density at radius 2 is 1.51 bits per heavy atom. The Labute approximate surface area is 323 Å². The molecule has 0 fully saturated rings. The van der Waals surface area contributed by atoms with Crippen LogP contribution in [0.4, 0.5) is 0 Å². The molecule has 1 aromatic heterocycles. The number of unbranched alkanes of at least 4 members (excludes halogenated alkanes) is 1. The molecule has 0 spiro atoms. The molecular formula is C41H73NO5S2Si2. The van der Waals surface area contributed by atoms with Crippen molar-refractivity contribution >= 4 is 57.6 Å². The molecule has 292 valence electrons. The van der Waals surface area contributed by atoms with Crippen LogP contribution in [-0.4, -0.2) is 57.9 Å². The predicted molar refractivity (Wildman–Crippen MR) is 227 cm³/mol. The summed E-state index contributed by atoms with van der Waals surface area (Å²) in [7, 11) is -4.65. The number of Topliss-reactive ketones (excluding diaryl/α,β-unsaturated/α-hetero) is 1. The van der Waals surface area contributed by atoms with Crippen molar-refractivity contribution in [2.75, 3.05) is 6.26 Å². The molecule has 0 saturated heterocycles. The van der Waals surface area contributed by atoms with E-state index >= 15 is 0 Å². The van der Waals surface area contributed by atoms with Crippen LogP contribution in [0.2, 0.25) is 36.3 Å². The summed E-state index contributed by atoms with van der Waals surface area (Å²) < 4.78 is 21.4. The Kier molecular flexibility index (Phi) is 18.1. The van der Waals surface area contributed by atoms with Gasteiger partial charge in [0.15, 0.2) is 16.6 Å². The highest BCUT2D eigenvalue weighted by Gasteiger charge is 2.50. The standard InChI is InChI=1S/C41H73NO5S2Si2/c1-20-21-22-23-29(4)36(47-51(18,19)40(10,11)12)31(6)37(44)41(13,14)34(46-50(16,17)39(7,8)9)26-35(43)45-33(24-28(2)3)30(5)25-32-27-42-38(48-15)49-32/h20,25,27,29,31,33-34,36H,1-2,21-24,26H2,3-19H3/b30-25+/t29-,31+,33-,34-,36-/m0/s1. The van der Waals surface area contributed by atoms with E-state index in [9.17, 15) is 9.59 Å². The SMILES string of the molecule is C=CCCC[C@H](C)[C@H](O[Si](C)(C)C(C)(C)C)[C@@H](C)C(=O)C(C)(C)[C@H](CC(=O)O[C@@H](CC(=C)C)/C(C)=C/c1cnc(SC)s1)O[Si](C)(C)C(C)(C)C. The first-order valence-corrected chi connectivity index (χ1v) is 26.5. The molecule has 0 aromatic carbocycles. The number of carbonyl (C=O) groups is 2. The van der Waals surface area contributed by atoms with Crippen molar-refractivity contribution in [1.29, 1.82) is 0 Å². The second kappa shape index (κ2) is 19.3. The highest BCUT2D eigenvalue weighted by atomic mass is 32.2. The summed E-state index contributed by atoms with van der Waals surface area (Å²) in [5.74, 6) is -0.557. The minimum Gasteiger partial charge on any atom is -0.457 e.